The van der Waals surface area contributed by atoms with E-state index in [0.29, 0.717) is 6.04 Å². The Morgan fingerprint density at radius 2 is 2.05 bits per heavy atom. The van der Waals surface area contributed by atoms with Crippen molar-refractivity contribution >= 4 is 0 Å². The van der Waals surface area contributed by atoms with E-state index in [0.717, 1.165) is 43.9 Å². The summed E-state index contributed by atoms with van der Waals surface area (Å²) in [5, 5.41) is 17.2. The van der Waals surface area contributed by atoms with E-state index in [1.54, 1.807) is 0 Å². The molecule has 1 atom stereocenters. The third-order valence-corrected chi connectivity index (χ3v) is 3.33. The Morgan fingerprint density at radius 3 is 2.55 bits per heavy atom. The van der Waals surface area contributed by atoms with Gasteiger partial charge in [0.25, 0.3) is 0 Å². The normalized spacial score (nSPS) is 14.2. The van der Waals surface area contributed by atoms with Crippen LogP contribution in [0.4, 0.5) is 0 Å². The summed E-state index contributed by atoms with van der Waals surface area (Å²) < 4.78 is 1.99. The number of nitrogens with zero attached hydrogens (tertiary/aromatic N) is 4. The molecule has 0 aromatic carbocycles. The zero-order valence-electron chi connectivity index (χ0n) is 13.4. The zero-order chi connectivity index (χ0) is 15.2. The van der Waals surface area contributed by atoms with Crippen LogP contribution >= 0.6 is 0 Å². The topological polar surface area (TPSA) is 66.5 Å². The lowest BCUT2D eigenvalue weighted by Crippen LogP contribution is -2.45. The molecule has 0 fully saturated rings. The predicted octanol–water partition coefficient (Wildman–Crippen LogP) is 2.46. The largest absolute Gasteiger partial charge is 0.297 e. The maximum absolute atomic E-state index is 9.33. The summed E-state index contributed by atoms with van der Waals surface area (Å²) in [6, 6.07) is 2.69. The zero-order valence-corrected chi connectivity index (χ0v) is 13.4. The van der Waals surface area contributed by atoms with Gasteiger partial charge in [-0.2, -0.15) is 10.4 Å². The number of hydrogen-bond acceptors (Lipinski definition) is 4. The maximum atomic E-state index is 9.33. The summed E-state index contributed by atoms with van der Waals surface area (Å²) in [5.41, 5.74) is -0.464. The molecule has 0 saturated carbocycles. The van der Waals surface area contributed by atoms with Crippen LogP contribution in [0.2, 0.25) is 0 Å². The average molecular weight is 277 g/mol. The van der Waals surface area contributed by atoms with Crippen molar-refractivity contribution in [2.24, 2.45) is 0 Å². The lowest BCUT2D eigenvalue weighted by Gasteiger charge is -2.25. The molecular formula is C15H27N5. The molecule has 1 N–H and O–H groups in total. The third kappa shape index (κ3) is 4.61. The first-order valence-electron chi connectivity index (χ1n) is 7.55. The number of hydrogen-bond donors (Lipinski definition) is 1. The molecule has 0 aliphatic carbocycles. The predicted molar refractivity (Wildman–Crippen MR) is 80.3 cm³/mol. The fraction of sp³-hybridized carbons (Fsp3) is 0.800. The number of aromatic nitrogens is 3. The fourth-order valence-corrected chi connectivity index (χ4v) is 2.40. The summed E-state index contributed by atoms with van der Waals surface area (Å²) in [7, 11) is 0. The molecule has 1 aromatic heterocycles. The Bertz CT molecular complexity index is 457. The molecular weight excluding hydrogens is 250 g/mol. The van der Waals surface area contributed by atoms with Crippen molar-refractivity contribution in [3.63, 3.8) is 0 Å². The summed E-state index contributed by atoms with van der Waals surface area (Å²) in [4.78, 5) is 4.50. The number of aryl methyl sites for hydroxylation is 3. The van der Waals surface area contributed by atoms with Gasteiger partial charge in [0, 0.05) is 25.4 Å². The van der Waals surface area contributed by atoms with Gasteiger partial charge in [-0.05, 0) is 33.6 Å². The Morgan fingerprint density at radius 1 is 1.35 bits per heavy atom. The molecule has 5 heteroatoms. The second-order valence-electron chi connectivity index (χ2n) is 5.72. The first kappa shape index (κ1) is 16.6. The van der Waals surface area contributed by atoms with Crippen LogP contribution in [0.3, 0.4) is 0 Å². The van der Waals surface area contributed by atoms with Gasteiger partial charge in [0.15, 0.2) is 5.82 Å². The molecule has 1 heterocycles. The quantitative estimate of drug-likeness (QED) is 0.792. The molecule has 1 aromatic rings. The Hall–Kier alpha value is -1.41. The van der Waals surface area contributed by atoms with Crippen LogP contribution in [0, 0.1) is 11.3 Å². The van der Waals surface area contributed by atoms with E-state index in [1.165, 1.54) is 0 Å². The van der Waals surface area contributed by atoms with Crippen LogP contribution in [0.15, 0.2) is 0 Å². The Labute approximate surface area is 122 Å². The van der Waals surface area contributed by atoms with Crippen molar-refractivity contribution in [2.75, 3.05) is 0 Å². The van der Waals surface area contributed by atoms with Crippen molar-refractivity contribution in [2.45, 2.75) is 78.4 Å². The van der Waals surface area contributed by atoms with Crippen LogP contribution in [-0.2, 0) is 19.4 Å². The van der Waals surface area contributed by atoms with E-state index in [-0.39, 0.29) is 0 Å². The molecule has 5 nitrogen and oxygen atoms in total. The summed E-state index contributed by atoms with van der Waals surface area (Å²) in [5.74, 6) is 1.95. The van der Waals surface area contributed by atoms with E-state index < -0.39 is 5.54 Å². The van der Waals surface area contributed by atoms with Crippen LogP contribution in [0.1, 0.15) is 59.1 Å². The van der Waals surface area contributed by atoms with Crippen LogP contribution in [0.5, 0.6) is 0 Å². The van der Waals surface area contributed by atoms with Gasteiger partial charge >= 0.3 is 0 Å². The summed E-state index contributed by atoms with van der Waals surface area (Å²) in [6.07, 6.45) is 3.49. The van der Waals surface area contributed by atoms with E-state index >= 15 is 0 Å². The van der Waals surface area contributed by atoms with E-state index in [2.05, 4.69) is 49.2 Å². The number of rotatable bonds is 8. The van der Waals surface area contributed by atoms with E-state index in [1.807, 2.05) is 11.6 Å². The Balaban J connectivity index is 2.59. The lowest BCUT2D eigenvalue weighted by molar-refractivity contribution is 0.359. The van der Waals surface area contributed by atoms with Crippen molar-refractivity contribution in [1.29, 1.82) is 5.26 Å². The summed E-state index contributed by atoms with van der Waals surface area (Å²) >= 11 is 0. The highest BCUT2D eigenvalue weighted by Crippen LogP contribution is 2.14. The second kappa shape index (κ2) is 7.39. The highest BCUT2D eigenvalue weighted by atomic mass is 15.3. The minimum absolute atomic E-state index is 0.309. The molecule has 0 amide bonds. The van der Waals surface area contributed by atoms with Gasteiger partial charge < -0.3 is 0 Å². The molecule has 112 valence electrons. The standard InChI is InChI=1S/C15H27N5/c1-6-13-17-14(7-2)20(19-13)10-8-9-15(5,11-16)18-12(3)4/h12,18H,6-10H2,1-5H3. The van der Waals surface area contributed by atoms with Crippen molar-refractivity contribution in [3.8, 4) is 6.07 Å². The minimum atomic E-state index is -0.464. The van der Waals surface area contributed by atoms with Crippen molar-refractivity contribution in [1.82, 2.24) is 20.1 Å². The fourth-order valence-electron chi connectivity index (χ4n) is 2.40. The van der Waals surface area contributed by atoms with Gasteiger partial charge in [-0.3, -0.25) is 5.32 Å². The highest BCUT2D eigenvalue weighted by Gasteiger charge is 2.23. The van der Waals surface area contributed by atoms with Gasteiger partial charge in [-0.1, -0.05) is 13.8 Å². The van der Waals surface area contributed by atoms with Crippen molar-refractivity contribution in [3.05, 3.63) is 11.6 Å². The third-order valence-electron chi connectivity index (χ3n) is 3.33. The van der Waals surface area contributed by atoms with Crippen LogP contribution in [0.25, 0.3) is 0 Å². The van der Waals surface area contributed by atoms with Gasteiger partial charge in [0.05, 0.1) is 6.07 Å². The minimum Gasteiger partial charge on any atom is -0.297 e. The van der Waals surface area contributed by atoms with Crippen LogP contribution in [-0.4, -0.2) is 26.3 Å². The van der Waals surface area contributed by atoms with Crippen molar-refractivity contribution < 1.29 is 0 Å². The van der Waals surface area contributed by atoms with Gasteiger partial charge in [0.2, 0.25) is 0 Å². The van der Waals surface area contributed by atoms with Gasteiger partial charge in [0.1, 0.15) is 11.4 Å². The molecule has 0 radical (unpaired) electrons. The first-order chi connectivity index (χ1) is 9.44. The lowest BCUT2D eigenvalue weighted by atomic mass is 9.96. The smallest absolute Gasteiger partial charge is 0.150 e. The first-order valence-corrected chi connectivity index (χ1v) is 7.55. The highest BCUT2D eigenvalue weighted by molar-refractivity contribution is 5.04. The monoisotopic (exact) mass is 277 g/mol. The van der Waals surface area contributed by atoms with Gasteiger partial charge in [-0.25, -0.2) is 9.67 Å². The van der Waals surface area contributed by atoms with Gasteiger partial charge in [-0.15, -0.1) is 0 Å². The maximum Gasteiger partial charge on any atom is 0.150 e. The molecule has 0 bridgehead atoms. The molecule has 0 aliphatic heterocycles. The number of nitrogens with one attached hydrogen (secondary N) is 1. The van der Waals surface area contributed by atoms with E-state index in [4.69, 9.17) is 0 Å². The molecule has 0 spiro atoms. The molecule has 1 rings (SSSR count). The van der Waals surface area contributed by atoms with E-state index in [9.17, 15) is 5.26 Å². The SMILES string of the molecule is CCc1nc(CC)n(CCCC(C)(C#N)NC(C)C)n1. The summed E-state index contributed by atoms with van der Waals surface area (Å²) in [6.45, 7) is 11.1. The molecule has 0 saturated heterocycles. The molecule has 1 unspecified atom stereocenters. The van der Waals surface area contributed by atoms with Crippen LogP contribution < -0.4 is 5.32 Å². The average Bonchev–Trinajstić information content (AvgIpc) is 2.80. The second-order valence-corrected chi connectivity index (χ2v) is 5.72. The molecule has 20 heavy (non-hydrogen) atoms. The number of nitriles is 1. The Kier molecular flexibility index (Phi) is 6.15. The molecule has 0 aliphatic rings.